The van der Waals surface area contributed by atoms with Crippen molar-refractivity contribution < 1.29 is 4.74 Å². The molecule has 204 valence electrons. The summed E-state index contributed by atoms with van der Waals surface area (Å²) in [4.78, 5) is 0. The molecule has 0 saturated carbocycles. The third-order valence-electron chi connectivity index (χ3n) is 8.90. The number of aryl methyl sites for hydroxylation is 3. The molecule has 5 aromatic carbocycles. The molecule has 1 aliphatic carbocycles. The SMILES string of the molecule is C=CCOc1c(C)cccc1[Si](C)(C)C1c2cc(-c3ccccc3C)ccc2-c2ccc(-c3ccccc3C)cc21. The first-order chi connectivity index (χ1) is 19.8. The normalized spacial score (nSPS) is 12.6. The molecule has 0 heterocycles. The number of para-hydroxylation sites is 1. The van der Waals surface area contributed by atoms with E-state index in [1.54, 1.807) is 0 Å². The van der Waals surface area contributed by atoms with E-state index in [0.717, 1.165) is 5.75 Å². The maximum atomic E-state index is 6.37. The number of fused-ring (bicyclic) bond motifs is 3. The molecule has 6 rings (SSSR count). The second-order valence-corrected chi connectivity index (χ2v) is 16.5. The zero-order valence-corrected chi connectivity index (χ0v) is 25.8. The van der Waals surface area contributed by atoms with Gasteiger partial charge in [0, 0.05) is 5.54 Å². The van der Waals surface area contributed by atoms with Crippen LogP contribution in [0.1, 0.15) is 33.4 Å². The fourth-order valence-corrected chi connectivity index (χ4v) is 10.5. The van der Waals surface area contributed by atoms with Crippen LogP contribution in [0.4, 0.5) is 0 Å². The first-order valence-electron chi connectivity index (χ1n) is 14.6. The summed E-state index contributed by atoms with van der Waals surface area (Å²) in [6.45, 7) is 16.0. The molecular formula is C39H38OSi. The standard InChI is InChI=1S/C39H38OSi/c1-7-23-40-38-28(4)15-12-18-37(38)41(5,6)39-35-24-29(31-16-10-8-13-26(31)2)19-21-33(35)34-22-20-30(25-36(34)39)32-17-11-9-14-27(32)3/h7-22,24-25,39H,1,23H2,2-6H3. The van der Waals surface area contributed by atoms with Crippen LogP contribution in [0.15, 0.2) is 116 Å². The molecular weight excluding hydrogens is 513 g/mol. The number of benzene rings is 5. The van der Waals surface area contributed by atoms with Gasteiger partial charge < -0.3 is 4.74 Å². The zero-order chi connectivity index (χ0) is 28.7. The van der Waals surface area contributed by atoms with E-state index in [2.05, 4.69) is 144 Å². The van der Waals surface area contributed by atoms with Gasteiger partial charge in [0.15, 0.2) is 0 Å². The van der Waals surface area contributed by atoms with Gasteiger partial charge in [0.2, 0.25) is 0 Å². The molecule has 0 aromatic heterocycles. The first kappa shape index (κ1) is 27.0. The van der Waals surface area contributed by atoms with E-state index < -0.39 is 8.07 Å². The Morgan fingerprint density at radius 1 is 0.634 bits per heavy atom. The summed E-state index contributed by atoms with van der Waals surface area (Å²) in [5.41, 5.74) is 14.9. The summed E-state index contributed by atoms with van der Waals surface area (Å²) in [5, 5.41) is 1.37. The van der Waals surface area contributed by atoms with Crippen molar-refractivity contribution in [2.45, 2.75) is 39.4 Å². The van der Waals surface area contributed by atoms with E-state index >= 15 is 0 Å². The quantitative estimate of drug-likeness (QED) is 0.145. The molecule has 1 aliphatic rings. The van der Waals surface area contributed by atoms with Crippen LogP contribution in [0.5, 0.6) is 5.75 Å². The third kappa shape index (κ3) is 4.67. The average Bonchev–Trinajstić information content (AvgIpc) is 3.30. The van der Waals surface area contributed by atoms with Crippen molar-refractivity contribution in [3.8, 4) is 39.1 Å². The zero-order valence-electron chi connectivity index (χ0n) is 24.8. The highest BCUT2D eigenvalue weighted by molar-refractivity contribution is 6.92. The largest absolute Gasteiger partial charge is 0.489 e. The van der Waals surface area contributed by atoms with Gasteiger partial charge in [0.05, 0.1) is 8.07 Å². The van der Waals surface area contributed by atoms with Crippen molar-refractivity contribution in [3.05, 3.63) is 144 Å². The monoisotopic (exact) mass is 550 g/mol. The summed E-state index contributed by atoms with van der Waals surface area (Å²) in [6.07, 6.45) is 1.84. The van der Waals surface area contributed by atoms with E-state index in [4.69, 9.17) is 4.74 Å². The highest BCUT2D eigenvalue weighted by Gasteiger charge is 2.44. The molecule has 2 heteroatoms. The fraction of sp³-hybridized carbons (Fsp3) is 0.179. The van der Waals surface area contributed by atoms with Crippen molar-refractivity contribution >= 4 is 13.3 Å². The van der Waals surface area contributed by atoms with Gasteiger partial charge >= 0.3 is 0 Å². The molecule has 1 nitrogen and oxygen atoms in total. The second-order valence-electron chi connectivity index (χ2n) is 11.9. The molecule has 0 atom stereocenters. The summed E-state index contributed by atoms with van der Waals surface area (Å²) in [6, 6.07) is 38.4. The molecule has 0 spiro atoms. The predicted octanol–water partition coefficient (Wildman–Crippen LogP) is 9.78. The summed E-state index contributed by atoms with van der Waals surface area (Å²) < 4.78 is 6.37. The Hall–Kier alpha value is -4.14. The lowest BCUT2D eigenvalue weighted by molar-refractivity contribution is 0.363. The highest BCUT2D eigenvalue weighted by Crippen LogP contribution is 2.51. The van der Waals surface area contributed by atoms with Crippen LogP contribution < -0.4 is 9.92 Å². The summed E-state index contributed by atoms with van der Waals surface area (Å²) >= 11 is 0. The van der Waals surface area contributed by atoms with Crippen molar-refractivity contribution in [1.29, 1.82) is 0 Å². The minimum absolute atomic E-state index is 0.285. The molecule has 0 amide bonds. The van der Waals surface area contributed by atoms with E-state index in [1.807, 2.05) is 6.08 Å². The topological polar surface area (TPSA) is 9.23 Å². The number of hydrogen-bond donors (Lipinski definition) is 0. The van der Waals surface area contributed by atoms with Crippen molar-refractivity contribution in [2.75, 3.05) is 6.61 Å². The van der Waals surface area contributed by atoms with Gasteiger partial charge in [-0.15, -0.1) is 0 Å². The Morgan fingerprint density at radius 2 is 1.15 bits per heavy atom. The Bertz CT molecular complexity index is 1680. The van der Waals surface area contributed by atoms with Crippen LogP contribution in [0.2, 0.25) is 13.1 Å². The predicted molar refractivity (Wildman–Crippen MR) is 178 cm³/mol. The van der Waals surface area contributed by atoms with Gasteiger partial charge in [0.1, 0.15) is 12.4 Å². The van der Waals surface area contributed by atoms with Crippen LogP contribution in [0.3, 0.4) is 0 Å². The molecule has 0 aliphatic heterocycles. The Morgan fingerprint density at radius 3 is 1.66 bits per heavy atom. The Labute approximate surface area is 246 Å². The van der Waals surface area contributed by atoms with Crippen LogP contribution in [-0.2, 0) is 0 Å². The van der Waals surface area contributed by atoms with Crippen molar-refractivity contribution in [1.82, 2.24) is 0 Å². The fourth-order valence-electron chi connectivity index (χ4n) is 6.82. The number of hydrogen-bond acceptors (Lipinski definition) is 1. The molecule has 41 heavy (non-hydrogen) atoms. The van der Waals surface area contributed by atoms with Crippen LogP contribution in [0.25, 0.3) is 33.4 Å². The molecule has 0 unspecified atom stereocenters. The van der Waals surface area contributed by atoms with Gasteiger partial charge in [-0.3, -0.25) is 0 Å². The lowest BCUT2D eigenvalue weighted by atomic mass is 9.95. The van der Waals surface area contributed by atoms with E-state index in [0.29, 0.717) is 6.61 Å². The Balaban J connectivity index is 1.59. The summed E-state index contributed by atoms with van der Waals surface area (Å²) in [5.74, 6) is 1.03. The molecule has 0 fully saturated rings. The molecule has 5 aromatic rings. The molecule has 0 bridgehead atoms. The molecule has 0 radical (unpaired) electrons. The number of rotatable bonds is 7. The van der Waals surface area contributed by atoms with Gasteiger partial charge in [-0.2, -0.15) is 0 Å². The van der Waals surface area contributed by atoms with Crippen molar-refractivity contribution in [3.63, 3.8) is 0 Å². The highest BCUT2D eigenvalue weighted by atomic mass is 28.3. The van der Waals surface area contributed by atoms with Crippen LogP contribution in [-0.4, -0.2) is 14.7 Å². The maximum Gasteiger partial charge on any atom is 0.121 e. The Kier molecular flexibility index (Phi) is 7.05. The second kappa shape index (κ2) is 10.7. The van der Waals surface area contributed by atoms with Crippen LogP contribution in [0, 0.1) is 20.8 Å². The van der Waals surface area contributed by atoms with Gasteiger partial charge in [-0.1, -0.05) is 129 Å². The third-order valence-corrected chi connectivity index (χ3v) is 12.7. The lowest BCUT2D eigenvalue weighted by Crippen LogP contribution is -2.48. The molecule has 0 saturated heterocycles. The van der Waals surface area contributed by atoms with E-state index in [9.17, 15) is 0 Å². The minimum atomic E-state index is -2.21. The lowest BCUT2D eigenvalue weighted by Gasteiger charge is -2.34. The van der Waals surface area contributed by atoms with Crippen molar-refractivity contribution in [2.24, 2.45) is 0 Å². The van der Waals surface area contributed by atoms with Crippen LogP contribution >= 0.6 is 0 Å². The molecule has 0 N–H and O–H groups in total. The van der Waals surface area contributed by atoms with E-state index in [-0.39, 0.29) is 5.54 Å². The summed E-state index contributed by atoms with van der Waals surface area (Å²) in [7, 11) is -2.21. The smallest absolute Gasteiger partial charge is 0.121 e. The number of ether oxygens (including phenoxy) is 1. The average molecular weight is 551 g/mol. The van der Waals surface area contributed by atoms with Gasteiger partial charge in [-0.25, -0.2) is 0 Å². The maximum absolute atomic E-state index is 6.37. The minimum Gasteiger partial charge on any atom is -0.489 e. The van der Waals surface area contributed by atoms with Gasteiger partial charge in [-0.05, 0) is 87.2 Å². The van der Waals surface area contributed by atoms with Gasteiger partial charge in [0.25, 0.3) is 0 Å². The first-order valence-corrected chi connectivity index (χ1v) is 17.6. The van der Waals surface area contributed by atoms with E-state index in [1.165, 1.54) is 66.4 Å².